The van der Waals surface area contributed by atoms with Crippen molar-refractivity contribution in [2.24, 2.45) is 0 Å². The third-order valence-electron chi connectivity index (χ3n) is 7.77. The summed E-state index contributed by atoms with van der Waals surface area (Å²) in [5.41, 5.74) is 6.01. The molecule has 1 aliphatic heterocycles. The van der Waals surface area contributed by atoms with Crippen molar-refractivity contribution in [1.82, 2.24) is 24.4 Å². The number of carbonyl (C=O) groups excluding carboxylic acids is 1. The van der Waals surface area contributed by atoms with Gasteiger partial charge in [0, 0.05) is 19.4 Å². The molecule has 0 saturated carbocycles. The van der Waals surface area contributed by atoms with E-state index in [1.165, 1.54) is 35.9 Å². The summed E-state index contributed by atoms with van der Waals surface area (Å²) in [4.78, 5) is 27.5. The van der Waals surface area contributed by atoms with Crippen LogP contribution in [0.1, 0.15) is 60.7 Å². The number of fused-ring (bicyclic) bond motifs is 2. The molecule has 3 heterocycles. The number of imidazole rings is 1. The average Bonchev–Trinajstić information content (AvgIpc) is 3.44. The summed E-state index contributed by atoms with van der Waals surface area (Å²) < 4.78 is 7.73. The number of ether oxygens (including phenoxy) is 1. The van der Waals surface area contributed by atoms with Crippen molar-refractivity contribution in [3.63, 3.8) is 0 Å². The van der Waals surface area contributed by atoms with E-state index in [-0.39, 0.29) is 0 Å². The molecule has 2 aliphatic rings. The van der Waals surface area contributed by atoms with Gasteiger partial charge in [0.15, 0.2) is 11.9 Å². The highest BCUT2D eigenvalue weighted by Crippen LogP contribution is 2.32. The fourth-order valence-corrected chi connectivity index (χ4v) is 5.69. The van der Waals surface area contributed by atoms with Crippen LogP contribution < -0.4 is 0 Å². The number of Topliss-reactive ketones (excluding diaryl/α,β-unsaturated/α-hetero) is 1. The Morgan fingerprint density at radius 1 is 1.14 bits per heavy atom. The lowest BCUT2D eigenvalue weighted by Gasteiger charge is -2.22. The van der Waals surface area contributed by atoms with Crippen LogP contribution in [0, 0.1) is 6.92 Å². The maximum atomic E-state index is 12.7. The lowest BCUT2D eigenvalue weighted by molar-refractivity contribution is -0.118. The summed E-state index contributed by atoms with van der Waals surface area (Å²) in [7, 11) is 1.97. The van der Waals surface area contributed by atoms with E-state index in [0.717, 1.165) is 37.9 Å². The topological polar surface area (TPSA) is 114 Å². The number of carbonyl (C=O) groups is 1. The van der Waals surface area contributed by atoms with Gasteiger partial charge in [0.25, 0.3) is 0 Å². The number of hydrogen-bond acceptors (Lipinski definition) is 8. The van der Waals surface area contributed by atoms with E-state index in [4.69, 9.17) is 4.74 Å². The lowest BCUT2D eigenvalue weighted by Crippen LogP contribution is -2.38. The lowest BCUT2D eigenvalue weighted by atomic mass is 9.86. The second-order valence-corrected chi connectivity index (χ2v) is 10.5. The summed E-state index contributed by atoms with van der Waals surface area (Å²) in [6.07, 6.45) is 7.12. The molecule has 0 bridgehead atoms. The van der Waals surface area contributed by atoms with Crippen molar-refractivity contribution < 1.29 is 19.7 Å². The maximum Gasteiger partial charge on any atom is 0.165 e. The highest BCUT2D eigenvalue weighted by atomic mass is 16.6. The number of unbranched alkanes of at least 4 members (excludes halogenated alkanes) is 1. The van der Waals surface area contributed by atoms with Crippen LogP contribution in [0.25, 0.3) is 11.2 Å². The van der Waals surface area contributed by atoms with Gasteiger partial charge in [-0.2, -0.15) is 0 Å². The molecular weight excluding hydrogens is 470 g/mol. The molecule has 2 aromatic heterocycles. The van der Waals surface area contributed by atoms with Crippen LogP contribution in [0.3, 0.4) is 0 Å². The monoisotopic (exact) mass is 507 g/mol. The summed E-state index contributed by atoms with van der Waals surface area (Å²) >= 11 is 0. The average molecular weight is 508 g/mol. The Morgan fingerprint density at radius 3 is 2.84 bits per heavy atom. The molecule has 0 radical (unpaired) electrons. The molecule has 2 N–H and O–H groups in total. The van der Waals surface area contributed by atoms with Gasteiger partial charge in [0.2, 0.25) is 0 Å². The quantitative estimate of drug-likeness (QED) is 0.403. The molecule has 1 fully saturated rings. The number of hydrogen-bond donors (Lipinski definition) is 2. The normalized spacial score (nSPS) is 23.6. The SMILES string of the molecule is Cc1ncnc2c1ncn2[C@@H]1OC(CN(C)CCCCC(=O)Cc2cccc3c2CCCC3)[C@@H](O)[C@H]1O. The summed E-state index contributed by atoms with van der Waals surface area (Å²) in [5.74, 6) is 0.300. The first-order valence-corrected chi connectivity index (χ1v) is 13.4. The van der Waals surface area contributed by atoms with Crippen molar-refractivity contribution in [3.8, 4) is 0 Å². The summed E-state index contributed by atoms with van der Waals surface area (Å²) in [6.45, 7) is 3.10. The van der Waals surface area contributed by atoms with Crippen LogP contribution in [0.5, 0.6) is 0 Å². The number of nitrogens with zero attached hydrogens (tertiary/aromatic N) is 5. The Bertz CT molecular complexity index is 1240. The zero-order valence-corrected chi connectivity index (χ0v) is 21.7. The van der Waals surface area contributed by atoms with Gasteiger partial charge in [-0.3, -0.25) is 9.36 Å². The number of aliphatic hydroxyl groups excluding tert-OH is 2. The standard InChI is InChI=1S/C28H37N5O4/c1-18-24-27(30-16-29-18)33(17-31-24)28-26(36)25(35)23(37-28)15-32(2)13-6-5-11-21(34)14-20-10-7-9-19-8-3-4-12-22(19)20/h7,9-10,16-17,23,25-26,28,35-36H,3-6,8,11-15H2,1-2H3/t23?,25-,26-,28-/m1/s1. The van der Waals surface area contributed by atoms with E-state index in [9.17, 15) is 15.0 Å². The Hall–Kier alpha value is -2.72. The highest BCUT2D eigenvalue weighted by molar-refractivity contribution is 5.81. The van der Waals surface area contributed by atoms with Gasteiger partial charge < -0.3 is 19.8 Å². The van der Waals surface area contributed by atoms with E-state index < -0.39 is 24.5 Å². The molecular formula is C28H37N5O4. The number of likely N-dealkylation sites (N-methyl/N-ethyl adjacent to an activating group) is 1. The van der Waals surface area contributed by atoms with E-state index >= 15 is 0 Å². The van der Waals surface area contributed by atoms with E-state index in [1.807, 2.05) is 14.0 Å². The molecule has 3 aromatic rings. The Balaban J connectivity index is 1.08. The molecule has 1 aromatic carbocycles. The molecule has 9 heteroatoms. The summed E-state index contributed by atoms with van der Waals surface area (Å²) in [6, 6.07) is 6.41. The molecule has 1 aliphatic carbocycles. The Morgan fingerprint density at radius 2 is 1.97 bits per heavy atom. The zero-order valence-electron chi connectivity index (χ0n) is 21.7. The maximum absolute atomic E-state index is 12.7. The zero-order chi connectivity index (χ0) is 25.9. The van der Waals surface area contributed by atoms with Crippen LogP contribution in [-0.4, -0.2) is 78.9 Å². The largest absolute Gasteiger partial charge is 0.387 e. The van der Waals surface area contributed by atoms with Gasteiger partial charge in [-0.25, -0.2) is 15.0 Å². The Labute approximate surface area is 217 Å². The number of benzene rings is 1. The third kappa shape index (κ3) is 5.60. The van der Waals surface area contributed by atoms with Crippen LogP contribution in [-0.2, 0) is 28.8 Å². The first-order chi connectivity index (χ1) is 17.9. The molecule has 0 spiro atoms. The van der Waals surface area contributed by atoms with Crippen molar-refractivity contribution in [3.05, 3.63) is 53.2 Å². The van der Waals surface area contributed by atoms with Crippen molar-refractivity contribution in [2.45, 2.75) is 82.8 Å². The van der Waals surface area contributed by atoms with Crippen LogP contribution in [0.4, 0.5) is 0 Å². The molecule has 0 amide bonds. The summed E-state index contributed by atoms with van der Waals surface area (Å²) in [5, 5.41) is 21.3. The van der Waals surface area contributed by atoms with Gasteiger partial charge in [0.1, 0.15) is 35.9 Å². The molecule has 5 rings (SSSR count). The highest BCUT2D eigenvalue weighted by Gasteiger charge is 2.44. The number of ketones is 1. The number of aromatic nitrogens is 4. The number of rotatable bonds is 10. The third-order valence-corrected chi connectivity index (χ3v) is 7.77. The van der Waals surface area contributed by atoms with E-state index in [2.05, 4.69) is 38.1 Å². The molecule has 9 nitrogen and oxygen atoms in total. The van der Waals surface area contributed by atoms with Gasteiger partial charge in [-0.05, 0) is 75.7 Å². The van der Waals surface area contributed by atoms with Gasteiger partial charge in [0.05, 0.1) is 12.0 Å². The predicted molar refractivity (Wildman–Crippen MR) is 139 cm³/mol. The second kappa shape index (κ2) is 11.3. The fraction of sp³-hybridized carbons (Fsp3) is 0.571. The van der Waals surface area contributed by atoms with Gasteiger partial charge in [-0.1, -0.05) is 18.2 Å². The number of aliphatic hydroxyl groups is 2. The minimum absolute atomic E-state index is 0.300. The molecule has 4 atom stereocenters. The van der Waals surface area contributed by atoms with Gasteiger partial charge in [-0.15, -0.1) is 0 Å². The van der Waals surface area contributed by atoms with Crippen molar-refractivity contribution >= 4 is 16.9 Å². The molecule has 37 heavy (non-hydrogen) atoms. The van der Waals surface area contributed by atoms with E-state index in [1.54, 1.807) is 10.9 Å². The van der Waals surface area contributed by atoms with Crippen LogP contribution in [0.2, 0.25) is 0 Å². The second-order valence-electron chi connectivity index (χ2n) is 10.5. The van der Waals surface area contributed by atoms with Crippen molar-refractivity contribution in [2.75, 3.05) is 20.1 Å². The number of aryl methyl sites for hydroxylation is 2. The Kier molecular flexibility index (Phi) is 7.95. The molecule has 1 saturated heterocycles. The first kappa shape index (κ1) is 25.9. The smallest absolute Gasteiger partial charge is 0.165 e. The predicted octanol–water partition coefficient (Wildman–Crippen LogP) is 2.55. The molecule has 1 unspecified atom stereocenters. The fourth-order valence-electron chi connectivity index (χ4n) is 5.69. The first-order valence-electron chi connectivity index (χ1n) is 13.4. The van der Waals surface area contributed by atoms with E-state index in [0.29, 0.717) is 36.3 Å². The van der Waals surface area contributed by atoms with Crippen LogP contribution in [0.15, 0.2) is 30.9 Å². The minimum Gasteiger partial charge on any atom is -0.387 e. The van der Waals surface area contributed by atoms with Crippen molar-refractivity contribution in [1.29, 1.82) is 0 Å². The van der Waals surface area contributed by atoms with Crippen LogP contribution >= 0.6 is 0 Å². The van der Waals surface area contributed by atoms with Gasteiger partial charge >= 0.3 is 0 Å². The molecule has 198 valence electrons. The minimum atomic E-state index is -1.09.